The predicted molar refractivity (Wildman–Crippen MR) is 52.1 cm³/mol. The van der Waals surface area contributed by atoms with Crippen LogP contribution in [0.4, 0.5) is 0 Å². The average molecular weight is 179 g/mol. The molecule has 1 aromatic heterocycles. The van der Waals surface area contributed by atoms with Crippen LogP contribution in [-0.2, 0) is 0 Å². The Labute approximate surface area is 78.7 Å². The van der Waals surface area contributed by atoms with Gasteiger partial charge in [-0.05, 0) is 18.8 Å². The molecule has 1 fully saturated rings. The monoisotopic (exact) mass is 179 g/mol. The van der Waals surface area contributed by atoms with E-state index in [1.54, 1.807) is 0 Å². The van der Waals surface area contributed by atoms with Gasteiger partial charge in [0, 0.05) is 17.8 Å². The minimum Gasteiger partial charge on any atom is -0.324 e. The zero-order valence-corrected chi connectivity index (χ0v) is 7.87. The van der Waals surface area contributed by atoms with Gasteiger partial charge in [-0.2, -0.15) is 5.10 Å². The summed E-state index contributed by atoms with van der Waals surface area (Å²) in [7, 11) is 0. The first-order chi connectivity index (χ1) is 6.38. The molecule has 1 aromatic rings. The summed E-state index contributed by atoms with van der Waals surface area (Å²) in [6, 6.07) is 0.194. The van der Waals surface area contributed by atoms with Crippen LogP contribution >= 0.6 is 0 Å². The Morgan fingerprint density at radius 1 is 1.38 bits per heavy atom. The molecule has 0 amide bonds. The average Bonchev–Trinajstić information content (AvgIpc) is 2.71. The van der Waals surface area contributed by atoms with Crippen LogP contribution in [0.5, 0.6) is 0 Å². The summed E-state index contributed by atoms with van der Waals surface area (Å²) < 4.78 is 0. The Balaban J connectivity index is 1.99. The minimum atomic E-state index is 0.194. The molecule has 1 heterocycles. The second-order valence-corrected chi connectivity index (χ2v) is 3.96. The Bertz CT molecular complexity index is 237. The number of hydrogen-bond acceptors (Lipinski definition) is 2. The van der Waals surface area contributed by atoms with E-state index in [4.69, 9.17) is 5.73 Å². The molecule has 1 saturated carbocycles. The van der Waals surface area contributed by atoms with Crippen molar-refractivity contribution in [3.8, 4) is 0 Å². The van der Waals surface area contributed by atoms with Crippen molar-refractivity contribution < 1.29 is 0 Å². The number of hydrogen-bond donors (Lipinski definition) is 2. The highest BCUT2D eigenvalue weighted by Gasteiger charge is 2.21. The molecule has 1 atom stereocenters. The zero-order valence-electron chi connectivity index (χ0n) is 7.87. The molecule has 0 aliphatic heterocycles. The van der Waals surface area contributed by atoms with Gasteiger partial charge in [-0.25, -0.2) is 0 Å². The van der Waals surface area contributed by atoms with Gasteiger partial charge < -0.3 is 5.73 Å². The SMILES string of the molecule is NC(c1cn[nH]c1)C1CCCCC1. The number of H-pyrrole nitrogens is 1. The first-order valence-corrected chi connectivity index (χ1v) is 5.12. The lowest BCUT2D eigenvalue weighted by Gasteiger charge is -2.26. The summed E-state index contributed by atoms with van der Waals surface area (Å²) in [6.07, 6.45) is 10.4. The molecule has 1 aliphatic rings. The van der Waals surface area contributed by atoms with Crippen LogP contribution in [-0.4, -0.2) is 10.2 Å². The maximum absolute atomic E-state index is 6.15. The molecule has 0 saturated heterocycles. The molecule has 3 N–H and O–H groups in total. The van der Waals surface area contributed by atoms with E-state index in [9.17, 15) is 0 Å². The molecule has 1 unspecified atom stereocenters. The molecule has 0 bridgehead atoms. The van der Waals surface area contributed by atoms with Crippen LogP contribution in [0, 0.1) is 5.92 Å². The number of nitrogens with one attached hydrogen (secondary N) is 1. The van der Waals surface area contributed by atoms with E-state index in [1.807, 2.05) is 12.4 Å². The van der Waals surface area contributed by atoms with Crippen molar-refractivity contribution in [2.75, 3.05) is 0 Å². The van der Waals surface area contributed by atoms with Crippen LogP contribution < -0.4 is 5.73 Å². The van der Waals surface area contributed by atoms with Crippen LogP contribution in [0.15, 0.2) is 12.4 Å². The highest BCUT2D eigenvalue weighted by atomic mass is 15.1. The molecule has 0 spiro atoms. The fourth-order valence-corrected chi connectivity index (χ4v) is 2.21. The van der Waals surface area contributed by atoms with Gasteiger partial charge in [-0.1, -0.05) is 19.3 Å². The van der Waals surface area contributed by atoms with Gasteiger partial charge in [0.15, 0.2) is 0 Å². The summed E-state index contributed by atoms with van der Waals surface area (Å²) in [6.45, 7) is 0. The molecular formula is C10H17N3. The number of rotatable bonds is 2. The summed E-state index contributed by atoms with van der Waals surface area (Å²) in [5.41, 5.74) is 7.31. The summed E-state index contributed by atoms with van der Waals surface area (Å²) in [5, 5.41) is 6.75. The molecule has 13 heavy (non-hydrogen) atoms. The van der Waals surface area contributed by atoms with E-state index in [1.165, 1.54) is 32.1 Å². The Hall–Kier alpha value is -0.830. The lowest BCUT2D eigenvalue weighted by Crippen LogP contribution is -2.23. The fourth-order valence-electron chi connectivity index (χ4n) is 2.21. The summed E-state index contributed by atoms with van der Waals surface area (Å²) in [5.74, 6) is 0.673. The second kappa shape index (κ2) is 3.92. The second-order valence-electron chi connectivity index (χ2n) is 3.96. The van der Waals surface area contributed by atoms with Gasteiger partial charge in [0.05, 0.1) is 6.20 Å². The number of nitrogens with zero attached hydrogens (tertiary/aromatic N) is 1. The molecule has 2 rings (SSSR count). The largest absolute Gasteiger partial charge is 0.324 e. The van der Waals surface area contributed by atoms with Crippen LogP contribution in [0.2, 0.25) is 0 Å². The van der Waals surface area contributed by atoms with Crippen molar-refractivity contribution in [2.45, 2.75) is 38.1 Å². The van der Waals surface area contributed by atoms with Gasteiger partial charge in [0.25, 0.3) is 0 Å². The molecule has 72 valence electrons. The van der Waals surface area contributed by atoms with Crippen molar-refractivity contribution >= 4 is 0 Å². The summed E-state index contributed by atoms with van der Waals surface area (Å²) >= 11 is 0. The van der Waals surface area contributed by atoms with Crippen molar-refractivity contribution in [2.24, 2.45) is 11.7 Å². The van der Waals surface area contributed by atoms with E-state index in [-0.39, 0.29) is 6.04 Å². The number of aromatic amines is 1. The third-order valence-corrected chi connectivity index (χ3v) is 3.06. The zero-order chi connectivity index (χ0) is 9.10. The Kier molecular flexibility index (Phi) is 2.64. The van der Waals surface area contributed by atoms with E-state index < -0.39 is 0 Å². The van der Waals surface area contributed by atoms with Gasteiger partial charge in [-0.15, -0.1) is 0 Å². The first-order valence-electron chi connectivity index (χ1n) is 5.12. The van der Waals surface area contributed by atoms with Crippen LogP contribution in [0.1, 0.15) is 43.7 Å². The van der Waals surface area contributed by atoms with E-state index in [0.29, 0.717) is 5.92 Å². The van der Waals surface area contributed by atoms with E-state index >= 15 is 0 Å². The fraction of sp³-hybridized carbons (Fsp3) is 0.700. The van der Waals surface area contributed by atoms with Crippen molar-refractivity contribution in [1.82, 2.24) is 10.2 Å². The molecule has 1 aliphatic carbocycles. The van der Waals surface area contributed by atoms with Crippen LogP contribution in [0.25, 0.3) is 0 Å². The first kappa shape index (κ1) is 8.75. The molecular weight excluding hydrogens is 162 g/mol. The number of aromatic nitrogens is 2. The molecule has 0 radical (unpaired) electrons. The van der Waals surface area contributed by atoms with Gasteiger partial charge >= 0.3 is 0 Å². The minimum absolute atomic E-state index is 0.194. The summed E-state index contributed by atoms with van der Waals surface area (Å²) in [4.78, 5) is 0. The Morgan fingerprint density at radius 2 is 2.15 bits per heavy atom. The van der Waals surface area contributed by atoms with Gasteiger partial charge in [0.2, 0.25) is 0 Å². The standard InChI is InChI=1S/C10H17N3/c11-10(9-6-12-13-7-9)8-4-2-1-3-5-8/h6-8,10H,1-5,11H2,(H,12,13). The lowest BCUT2D eigenvalue weighted by molar-refractivity contribution is 0.308. The lowest BCUT2D eigenvalue weighted by atomic mass is 9.82. The van der Waals surface area contributed by atoms with Crippen molar-refractivity contribution in [3.63, 3.8) is 0 Å². The smallest absolute Gasteiger partial charge is 0.0535 e. The van der Waals surface area contributed by atoms with Crippen LogP contribution in [0.3, 0.4) is 0 Å². The quantitative estimate of drug-likeness (QED) is 0.729. The van der Waals surface area contributed by atoms with Crippen molar-refractivity contribution in [3.05, 3.63) is 18.0 Å². The molecule has 3 heteroatoms. The number of nitrogens with two attached hydrogens (primary N) is 1. The predicted octanol–water partition coefficient (Wildman–Crippen LogP) is 1.99. The maximum atomic E-state index is 6.15. The molecule has 0 aromatic carbocycles. The van der Waals surface area contributed by atoms with Gasteiger partial charge in [0.1, 0.15) is 0 Å². The van der Waals surface area contributed by atoms with Crippen molar-refractivity contribution in [1.29, 1.82) is 0 Å². The maximum Gasteiger partial charge on any atom is 0.0535 e. The van der Waals surface area contributed by atoms with E-state index in [2.05, 4.69) is 10.2 Å². The topological polar surface area (TPSA) is 54.7 Å². The van der Waals surface area contributed by atoms with E-state index in [0.717, 1.165) is 5.56 Å². The Morgan fingerprint density at radius 3 is 2.77 bits per heavy atom. The third kappa shape index (κ3) is 1.91. The normalized spacial score (nSPS) is 21.6. The van der Waals surface area contributed by atoms with Gasteiger partial charge in [-0.3, -0.25) is 5.10 Å². The molecule has 3 nitrogen and oxygen atoms in total. The highest BCUT2D eigenvalue weighted by molar-refractivity contribution is 5.10. The third-order valence-electron chi connectivity index (χ3n) is 3.06. The highest BCUT2D eigenvalue weighted by Crippen LogP contribution is 2.32.